The summed E-state index contributed by atoms with van der Waals surface area (Å²) in [5, 5.41) is 0.0987. The molecule has 0 bridgehead atoms. The van der Waals surface area contributed by atoms with Gasteiger partial charge in [-0.05, 0) is 31.9 Å². The number of hydrogen-bond acceptors (Lipinski definition) is 5. The van der Waals surface area contributed by atoms with Crippen LogP contribution in [0.4, 0.5) is 11.4 Å². The third kappa shape index (κ3) is 2.61. The fourth-order valence-corrected chi connectivity index (χ4v) is 3.54. The molecular formula is C19H16ClN3O2. The number of halogens is 1. The summed E-state index contributed by atoms with van der Waals surface area (Å²) in [6, 6.07) is 9.79. The molecule has 5 nitrogen and oxygen atoms in total. The lowest BCUT2D eigenvalue weighted by atomic mass is 9.93. The molecule has 6 heteroatoms. The molecule has 0 fully saturated rings. The summed E-state index contributed by atoms with van der Waals surface area (Å²) in [4.78, 5) is 23.0. The van der Waals surface area contributed by atoms with Gasteiger partial charge in [-0.15, -0.1) is 0 Å². The summed E-state index contributed by atoms with van der Waals surface area (Å²) in [6.07, 6.45) is 3.18. The normalized spacial score (nSPS) is 12.4. The van der Waals surface area contributed by atoms with E-state index in [0.29, 0.717) is 23.7 Å². The van der Waals surface area contributed by atoms with Crippen LogP contribution in [-0.2, 0) is 12.8 Å². The molecular weight excluding hydrogens is 338 g/mol. The van der Waals surface area contributed by atoms with Crippen molar-refractivity contribution < 1.29 is 4.42 Å². The highest BCUT2D eigenvalue weighted by Crippen LogP contribution is 2.41. The number of fused-ring (bicyclic) bond motifs is 3. The lowest BCUT2D eigenvalue weighted by Crippen LogP contribution is -2.20. The number of para-hydroxylation sites is 1. The van der Waals surface area contributed by atoms with E-state index in [4.69, 9.17) is 16.0 Å². The van der Waals surface area contributed by atoms with Crippen LogP contribution >= 0.6 is 11.6 Å². The molecule has 4 rings (SSSR count). The SMILES string of the molecule is Cc1ncc2c(n1)CCc1c-2oc(=O)c(Cl)c1N(C)c1ccccc1. The summed E-state index contributed by atoms with van der Waals surface area (Å²) in [5.41, 5.74) is 3.66. The van der Waals surface area contributed by atoms with E-state index in [1.54, 1.807) is 6.20 Å². The average molecular weight is 354 g/mol. The Morgan fingerprint density at radius 1 is 1.20 bits per heavy atom. The molecule has 0 N–H and O–H groups in total. The zero-order chi connectivity index (χ0) is 17.6. The van der Waals surface area contributed by atoms with Crippen LogP contribution in [0, 0.1) is 6.92 Å². The summed E-state index contributed by atoms with van der Waals surface area (Å²) in [5.74, 6) is 1.23. The molecule has 0 amide bonds. The molecule has 1 aliphatic rings. The second-order valence-corrected chi connectivity index (χ2v) is 6.41. The Labute approximate surface area is 149 Å². The fourth-order valence-electron chi connectivity index (χ4n) is 3.26. The number of anilines is 2. The molecule has 1 aliphatic carbocycles. The fraction of sp³-hybridized carbons (Fsp3) is 0.211. The summed E-state index contributed by atoms with van der Waals surface area (Å²) >= 11 is 6.35. The van der Waals surface area contributed by atoms with Crippen molar-refractivity contribution in [3.8, 4) is 11.3 Å². The smallest absolute Gasteiger partial charge is 0.357 e. The minimum Gasteiger partial charge on any atom is -0.421 e. The van der Waals surface area contributed by atoms with Crippen LogP contribution in [0.3, 0.4) is 0 Å². The molecule has 2 aromatic heterocycles. The number of nitrogens with zero attached hydrogens (tertiary/aromatic N) is 3. The van der Waals surface area contributed by atoms with E-state index in [2.05, 4.69) is 9.97 Å². The molecule has 0 saturated heterocycles. The van der Waals surface area contributed by atoms with Crippen molar-refractivity contribution in [2.45, 2.75) is 19.8 Å². The van der Waals surface area contributed by atoms with Gasteiger partial charge in [0, 0.05) is 24.5 Å². The molecule has 0 saturated carbocycles. The van der Waals surface area contributed by atoms with Gasteiger partial charge in [-0.25, -0.2) is 14.8 Å². The van der Waals surface area contributed by atoms with Gasteiger partial charge in [0.05, 0.1) is 16.9 Å². The molecule has 2 heterocycles. The topological polar surface area (TPSA) is 59.2 Å². The van der Waals surface area contributed by atoms with Crippen LogP contribution < -0.4 is 10.5 Å². The van der Waals surface area contributed by atoms with Gasteiger partial charge in [0.25, 0.3) is 0 Å². The van der Waals surface area contributed by atoms with E-state index in [1.807, 2.05) is 49.2 Å². The Balaban J connectivity index is 1.96. The average Bonchev–Trinajstić information content (AvgIpc) is 2.63. The molecule has 0 radical (unpaired) electrons. The molecule has 25 heavy (non-hydrogen) atoms. The van der Waals surface area contributed by atoms with Crippen molar-refractivity contribution in [2.24, 2.45) is 0 Å². The molecule has 126 valence electrons. The first-order chi connectivity index (χ1) is 12.1. The Bertz CT molecular complexity index is 1020. The third-order valence-corrected chi connectivity index (χ3v) is 4.80. The highest BCUT2D eigenvalue weighted by Gasteiger charge is 2.28. The first-order valence-electron chi connectivity index (χ1n) is 8.03. The maximum atomic E-state index is 12.4. The standard InChI is InChI=1S/C19H16ClN3O2/c1-11-21-10-14-15(22-11)9-8-13-17(16(20)19(24)25-18(13)14)23(2)12-6-4-3-5-7-12/h3-7,10H,8-9H2,1-2H3. The van der Waals surface area contributed by atoms with Gasteiger partial charge < -0.3 is 9.32 Å². The Kier molecular flexibility index (Phi) is 3.81. The van der Waals surface area contributed by atoms with Crippen molar-refractivity contribution in [2.75, 3.05) is 11.9 Å². The molecule has 3 aromatic rings. The second kappa shape index (κ2) is 6.01. The van der Waals surface area contributed by atoms with E-state index < -0.39 is 5.63 Å². The predicted molar refractivity (Wildman–Crippen MR) is 97.7 cm³/mol. The maximum absolute atomic E-state index is 12.4. The van der Waals surface area contributed by atoms with Crippen molar-refractivity contribution in [1.82, 2.24) is 9.97 Å². The van der Waals surface area contributed by atoms with Gasteiger partial charge in [-0.2, -0.15) is 0 Å². The zero-order valence-corrected chi connectivity index (χ0v) is 14.7. The van der Waals surface area contributed by atoms with Crippen LogP contribution in [0.5, 0.6) is 0 Å². The quantitative estimate of drug-likeness (QED) is 0.698. The van der Waals surface area contributed by atoms with E-state index in [1.165, 1.54) is 0 Å². The molecule has 0 unspecified atom stereocenters. The minimum absolute atomic E-state index is 0.0987. The third-order valence-electron chi connectivity index (χ3n) is 4.47. The van der Waals surface area contributed by atoms with Crippen LogP contribution in [-0.4, -0.2) is 17.0 Å². The Morgan fingerprint density at radius 3 is 2.72 bits per heavy atom. The van der Waals surface area contributed by atoms with Gasteiger partial charge in [-0.1, -0.05) is 29.8 Å². The highest BCUT2D eigenvalue weighted by atomic mass is 35.5. The van der Waals surface area contributed by atoms with Crippen molar-refractivity contribution in [1.29, 1.82) is 0 Å². The largest absolute Gasteiger partial charge is 0.421 e. The number of hydrogen-bond donors (Lipinski definition) is 0. The van der Waals surface area contributed by atoms with Crippen molar-refractivity contribution >= 4 is 23.0 Å². The summed E-state index contributed by atoms with van der Waals surface area (Å²) in [7, 11) is 1.90. The zero-order valence-electron chi connectivity index (χ0n) is 13.9. The van der Waals surface area contributed by atoms with E-state index in [-0.39, 0.29) is 5.02 Å². The molecule has 1 aromatic carbocycles. The lowest BCUT2D eigenvalue weighted by Gasteiger charge is -2.27. The van der Waals surface area contributed by atoms with Gasteiger partial charge in [0.1, 0.15) is 16.6 Å². The van der Waals surface area contributed by atoms with Gasteiger partial charge >= 0.3 is 5.63 Å². The number of aryl methyl sites for hydroxylation is 2. The van der Waals surface area contributed by atoms with Crippen molar-refractivity contribution in [3.05, 3.63) is 69.1 Å². The molecule has 0 atom stereocenters. The first-order valence-corrected chi connectivity index (χ1v) is 8.41. The maximum Gasteiger partial charge on any atom is 0.357 e. The Hall–Kier alpha value is -2.66. The van der Waals surface area contributed by atoms with Crippen LogP contribution in [0.15, 0.2) is 45.7 Å². The van der Waals surface area contributed by atoms with E-state index in [0.717, 1.165) is 28.9 Å². The summed E-state index contributed by atoms with van der Waals surface area (Å²) < 4.78 is 5.53. The van der Waals surface area contributed by atoms with Crippen LogP contribution in [0.1, 0.15) is 17.1 Å². The number of rotatable bonds is 2. The highest BCUT2D eigenvalue weighted by molar-refractivity contribution is 6.33. The minimum atomic E-state index is -0.549. The first kappa shape index (κ1) is 15.8. The Morgan fingerprint density at radius 2 is 1.96 bits per heavy atom. The van der Waals surface area contributed by atoms with E-state index >= 15 is 0 Å². The second-order valence-electron chi connectivity index (χ2n) is 6.03. The van der Waals surface area contributed by atoms with Crippen LogP contribution in [0.2, 0.25) is 5.02 Å². The van der Waals surface area contributed by atoms with Crippen LogP contribution in [0.25, 0.3) is 11.3 Å². The summed E-state index contributed by atoms with van der Waals surface area (Å²) in [6.45, 7) is 1.85. The number of benzene rings is 1. The number of aromatic nitrogens is 2. The van der Waals surface area contributed by atoms with Gasteiger partial charge in [-0.3, -0.25) is 0 Å². The van der Waals surface area contributed by atoms with Gasteiger partial charge in [0.2, 0.25) is 0 Å². The van der Waals surface area contributed by atoms with E-state index in [9.17, 15) is 4.79 Å². The van der Waals surface area contributed by atoms with Crippen molar-refractivity contribution in [3.63, 3.8) is 0 Å². The molecule has 0 spiro atoms. The predicted octanol–water partition coefficient (Wildman–Crippen LogP) is 3.93. The van der Waals surface area contributed by atoms with Gasteiger partial charge in [0.15, 0.2) is 0 Å². The lowest BCUT2D eigenvalue weighted by molar-refractivity contribution is 0.514. The molecule has 0 aliphatic heterocycles. The monoisotopic (exact) mass is 353 g/mol.